The highest BCUT2D eigenvalue weighted by Gasteiger charge is 1.96. The van der Waals surface area contributed by atoms with Gasteiger partial charge in [0.1, 0.15) is 0 Å². The molecule has 1 atom stereocenters. The van der Waals surface area contributed by atoms with Gasteiger partial charge in [0, 0.05) is 5.75 Å². The van der Waals surface area contributed by atoms with E-state index in [0.717, 1.165) is 17.9 Å². The van der Waals surface area contributed by atoms with Gasteiger partial charge in [-0.25, -0.2) is 0 Å². The summed E-state index contributed by atoms with van der Waals surface area (Å²) in [6.45, 7) is 4.11. The minimum absolute atomic E-state index is 0.0834. The number of aliphatic hydroxyl groups excluding tert-OH is 1. The molecule has 0 saturated heterocycles. The number of rotatable bonds is 4. The van der Waals surface area contributed by atoms with Gasteiger partial charge in [-0.2, -0.15) is 11.8 Å². The second-order valence-corrected chi connectivity index (χ2v) is 3.04. The molecule has 1 N–H and O–H groups in total. The smallest absolute Gasteiger partial charge is 0.0628 e. The van der Waals surface area contributed by atoms with Gasteiger partial charge in [0.2, 0.25) is 0 Å². The molecule has 1 nitrogen and oxygen atoms in total. The quantitative estimate of drug-likeness (QED) is 0.629. The van der Waals surface area contributed by atoms with Crippen molar-refractivity contribution in [3.63, 3.8) is 0 Å². The molecule has 1 unspecified atom stereocenters. The Bertz CT molecular complexity index is 47.8. The molecule has 0 rings (SSSR count). The van der Waals surface area contributed by atoms with Crippen molar-refractivity contribution in [2.24, 2.45) is 0 Å². The van der Waals surface area contributed by atoms with Crippen LogP contribution in [0, 0.1) is 0 Å². The SMILES string of the molecule is CCSCC(O)CC. The van der Waals surface area contributed by atoms with Gasteiger partial charge in [0.15, 0.2) is 0 Å². The lowest BCUT2D eigenvalue weighted by Gasteiger charge is -2.03. The molecular formula is C6H14OS. The second-order valence-electron chi connectivity index (χ2n) is 1.72. The molecule has 0 aliphatic carbocycles. The van der Waals surface area contributed by atoms with E-state index in [1.165, 1.54) is 0 Å². The Morgan fingerprint density at radius 2 is 2.12 bits per heavy atom. The van der Waals surface area contributed by atoms with E-state index in [-0.39, 0.29) is 6.10 Å². The van der Waals surface area contributed by atoms with Crippen LogP contribution in [-0.4, -0.2) is 22.7 Å². The predicted octanol–water partition coefficient (Wildman–Crippen LogP) is 1.51. The summed E-state index contributed by atoms with van der Waals surface area (Å²) < 4.78 is 0. The molecule has 0 aliphatic rings. The molecule has 0 fully saturated rings. The lowest BCUT2D eigenvalue weighted by molar-refractivity contribution is 0.195. The van der Waals surface area contributed by atoms with Crippen molar-refractivity contribution < 1.29 is 5.11 Å². The van der Waals surface area contributed by atoms with Crippen LogP contribution >= 0.6 is 11.8 Å². The number of hydrogen-bond acceptors (Lipinski definition) is 2. The van der Waals surface area contributed by atoms with Gasteiger partial charge >= 0.3 is 0 Å². The van der Waals surface area contributed by atoms with Crippen LogP contribution in [0.2, 0.25) is 0 Å². The number of aliphatic hydroxyl groups is 1. The first kappa shape index (κ1) is 8.31. The van der Waals surface area contributed by atoms with Crippen molar-refractivity contribution in [2.75, 3.05) is 11.5 Å². The van der Waals surface area contributed by atoms with Gasteiger partial charge in [-0.15, -0.1) is 0 Å². The molecule has 0 bridgehead atoms. The van der Waals surface area contributed by atoms with E-state index in [1.54, 1.807) is 11.8 Å². The van der Waals surface area contributed by atoms with Crippen LogP contribution in [0.4, 0.5) is 0 Å². The van der Waals surface area contributed by atoms with E-state index in [9.17, 15) is 0 Å². The lowest BCUT2D eigenvalue weighted by Crippen LogP contribution is -2.07. The molecule has 2 heteroatoms. The van der Waals surface area contributed by atoms with E-state index >= 15 is 0 Å². The van der Waals surface area contributed by atoms with Crippen LogP contribution in [-0.2, 0) is 0 Å². The molecule has 0 aromatic carbocycles. The summed E-state index contributed by atoms with van der Waals surface area (Å²) in [6.07, 6.45) is 0.799. The summed E-state index contributed by atoms with van der Waals surface area (Å²) >= 11 is 1.79. The zero-order valence-corrected chi connectivity index (χ0v) is 6.37. The largest absolute Gasteiger partial charge is 0.392 e. The molecule has 0 aromatic rings. The monoisotopic (exact) mass is 134 g/mol. The van der Waals surface area contributed by atoms with Gasteiger partial charge in [0.25, 0.3) is 0 Å². The average molecular weight is 134 g/mol. The van der Waals surface area contributed by atoms with Crippen molar-refractivity contribution in [1.82, 2.24) is 0 Å². The maximum absolute atomic E-state index is 8.97. The third-order valence-corrected chi connectivity index (χ3v) is 2.01. The van der Waals surface area contributed by atoms with Crippen LogP contribution in [0.3, 0.4) is 0 Å². The predicted molar refractivity (Wildman–Crippen MR) is 39.3 cm³/mol. The first-order valence-electron chi connectivity index (χ1n) is 3.07. The van der Waals surface area contributed by atoms with E-state index in [4.69, 9.17) is 5.11 Å². The van der Waals surface area contributed by atoms with Crippen molar-refractivity contribution >= 4 is 11.8 Å². The fourth-order valence-electron chi connectivity index (χ4n) is 0.372. The normalized spacial score (nSPS) is 13.9. The fraction of sp³-hybridized carbons (Fsp3) is 1.00. The van der Waals surface area contributed by atoms with Crippen molar-refractivity contribution in [3.8, 4) is 0 Å². The molecular weight excluding hydrogens is 120 g/mol. The molecule has 50 valence electrons. The molecule has 0 aliphatic heterocycles. The zero-order chi connectivity index (χ0) is 6.41. The Hall–Kier alpha value is 0.310. The molecule has 0 amide bonds. The summed E-state index contributed by atoms with van der Waals surface area (Å²) in [5.74, 6) is 2.00. The highest BCUT2D eigenvalue weighted by atomic mass is 32.2. The summed E-state index contributed by atoms with van der Waals surface area (Å²) in [5.41, 5.74) is 0. The third-order valence-electron chi connectivity index (χ3n) is 0.986. The van der Waals surface area contributed by atoms with Crippen molar-refractivity contribution in [2.45, 2.75) is 26.4 Å². The average Bonchev–Trinajstić information content (AvgIpc) is 1.83. The van der Waals surface area contributed by atoms with Gasteiger partial charge in [-0.1, -0.05) is 13.8 Å². The van der Waals surface area contributed by atoms with Gasteiger partial charge in [-0.05, 0) is 12.2 Å². The van der Waals surface area contributed by atoms with Crippen LogP contribution in [0.1, 0.15) is 20.3 Å². The third kappa shape index (κ3) is 4.47. The maximum Gasteiger partial charge on any atom is 0.0628 e. The Labute approximate surface area is 55.5 Å². The summed E-state index contributed by atoms with van der Waals surface area (Å²) in [4.78, 5) is 0. The summed E-state index contributed by atoms with van der Waals surface area (Å²) in [7, 11) is 0. The first-order valence-corrected chi connectivity index (χ1v) is 4.22. The molecule has 0 radical (unpaired) electrons. The van der Waals surface area contributed by atoms with Gasteiger partial charge < -0.3 is 5.11 Å². The Morgan fingerprint density at radius 1 is 1.50 bits per heavy atom. The summed E-state index contributed by atoms with van der Waals surface area (Å²) in [6, 6.07) is 0. The van der Waals surface area contributed by atoms with E-state index < -0.39 is 0 Å². The number of hydrogen-bond donors (Lipinski definition) is 1. The molecule has 0 spiro atoms. The van der Waals surface area contributed by atoms with Crippen LogP contribution in [0.15, 0.2) is 0 Å². The molecule has 0 heterocycles. The standard InChI is InChI=1S/C6H14OS/c1-3-6(7)5-8-4-2/h6-7H,3-5H2,1-2H3. The van der Waals surface area contributed by atoms with Gasteiger partial charge in [0.05, 0.1) is 6.10 Å². The highest BCUT2D eigenvalue weighted by Crippen LogP contribution is 2.03. The van der Waals surface area contributed by atoms with E-state index in [2.05, 4.69) is 6.92 Å². The second kappa shape index (κ2) is 5.45. The topological polar surface area (TPSA) is 20.2 Å². The minimum atomic E-state index is -0.0834. The Morgan fingerprint density at radius 3 is 2.50 bits per heavy atom. The van der Waals surface area contributed by atoms with E-state index in [1.807, 2.05) is 6.92 Å². The summed E-state index contributed by atoms with van der Waals surface area (Å²) in [5, 5.41) is 8.97. The van der Waals surface area contributed by atoms with Crippen LogP contribution in [0.5, 0.6) is 0 Å². The van der Waals surface area contributed by atoms with Crippen LogP contribution in [0.25, 0.3) is 0 Å². The fourth-order valence-corrected chi connectivity index (χ4v) is 1.12. The maximum atomic E-state index is 8.97. The number of thioether (sulfide) groups is 1. The van der Waals surface area contributed by atoms with Gasteiger partial charge in [-0.3, -0.25) is 0 Å². The zero-order valence-electron chi connectivity index (χ0n) is 5.55. The molecule has 8 heavy (non-hydrogen) atoms. The van der Waals surface area contributed by atoms with E-state index in [0.29, 0.717) is 0 Å². The highest BCUT2D eigenvalue weighted by molar-refractivity contribution is 7.99. The molecule has 0 saturated carbocycles. The van der Waals surface area contributed by atoms with Crippen LogP contribution < -0.4 is 0 Å². The lowest BCUT2D eigenvalue weighted by atomic mass is 10.3. The Kier molecular flexibility index (Phi) is 5.66. The minimum Gasteiger partial charge on any atom is -0.392 e. The molecule has 0 aromatic heterocycles. The Balaban J connectivity index is 2.86. The van der Waals surface area contributed by atoms with Crippen molar-refractivity contribution in [1.29, 1.82) is 0 Å². The van der Waals surface area contributed by atoms with Crippen molar-refractivity contribution in [3.05, 3.63) is 0 Å². The first-order chi connectivity index (χ1) is 3.81.